The van der Waals surface area contributed by atoms with Gasteiger partial charge in [0.15, 0.2) is 0 Å². The monoisotopic (exact) mass is 443 g/mol. The molecule has 2 unspecified atom stereocenters. The Kier molecular flexibility index (Phi) is 4.66. The van der Waals surface area contributed by atoms with Crippen LogP contribution < -0.4 is 5.32 Å². The van der Waals surface area contributed by atoms with E-state index in [2.05, 4.69) is 58.1 Å². The summed E-state index contributed by atoms with van der Waals surface area (Å²) in [5.74, 6) is -0.0834. The fourth-order valence-electron chi connectivity index (χ4n) is 5.56. The van der Waals surface area contributed by atoms with Gasteiger partial charge in [0.2, 0.25) is 0 Å². The highest BCUT2D eigenvalue weighted by molar-refractivity contribution is 7.10. The fourth-order valence-corrected chi connectivity index (χ4v) is 6.46. The first-order chi connectivity index (χ1) is 15.6. The lowest BCUT2D eigenvalue weighted by atomic mass is 9.78. The summed E-state index contributed by atoms with van der Waals surface area (Å²) in [6, 6.07) is 20.6. The van der Waals surface area contributed by atoms with E-state index in [0.717, 1.165) is 24.9 Å². The summed E-state index contributed by atoms with van der Waals surface area (Å²) in [5.41, 5.74) is 4.12. The van der Waals surface area contributed by atoms with E-state index in [1.54, 1.807) is 11.3 Å². The van der Waals surface area contributed by atoms with Crippen molar-refractivity contribution in [3.8, 4) is 0 Å². The number of fused-ring (bicyclic) bond motifs is 2. The van der Waals surface area contributed by atoms with Crippen LogP contribution in [0.15, 0.2) is 66.0 Å². The van der Waals surface area contributed by atoms with Crippen LogP contribution in [0, 0.1) is 0 Å². The van der Waals surface area contributed by atoms with E-state index in [-0.39, 0.29) is 18.0 Å². The van der Waals surface area contributed by atoms with Gasteiger partial charge in [0.1, 0.15) is 5.54 Å². The predicted octanol–water partition coefficient (Wildman–Crippen LogP) is 4.13. The number of rotatable bonds is 3. The Hall–Kier alpha value is -2.96. The highest BCUT2D eigenvalue weighted by atomic mass is 32.1. The molecule has 1 spiro atoms. The van der Waals surface area contributed by atoms with E-state index in [0.29, 0.717) is 19.5 Å². The number of benzene rings is 2. The topological polar surface area (TPSA) is 52.7 Å². The number of urea groups is 1. The Balaban J connectivity index is 1.29. The number of carbonyl (C=O) groups excluding carboxylic acids is 2. The van der Waals surface area contributed by atoms with E-state index in [9.17, 15) is 9.59 Å². The third-order valence-corrected chi connectivity index (χ3v) is 8.18. The highest BCUT2D eigenvalue weighted by Crippen LogP contribution is 2.39. The molecular weight excluding hydrogens is 418 g/mol. The van der Waals surface area contributed by atoms with E-state index < -0.39 is 5.54 Å². The second kappa shape index (κ2) is 7.57. The number of imide groups is 1. The Morgan fingerprint density at radius 3 is 2.59 bits per heavy atom. The van der Waals surface area contributed by atoms with E-state index in [1.807, 2.05) is 18.2 Å². The summed E-state index contributed by atoms with van der Waals surface area (Å²) < 4.78 is 0. The van der Waals surface area contributed by atoms with Crippen molar-refractivity contribution in [1.82, 2.24) is 15.1 Å². The van der Waals surface area contributed by atoms with E-state index in [4.69, 9.17) is 0 Å². The fraction of sp³-hybridized carbons (Fsp3) is 0.308. The van der Waals surface area contributed by atoms with E-state index in [1.165, 1.54) is 26.5 Å². The van der Waals surface area contributed by atoms with Crippen molar-refractivity contribution in [2.24, 2.45) is 0 Å². The van der Waals surface area contributed by atoms with Crippen molar-refractivity contribution < 1.29 is 9.59 Å². The smallest absolute Gasteiger partial charge is 0.323 e. The molecular formula is C26H25N3O2S. The summed E-state index contributed by atoms with van der Waals surface area (Å²) in [6.07, 6.45) is 2.98. The third-order valence-electron chi connectivity index (χ3n) is 7.18. The number of aryl methyl sites for hydroxylation is 1. The molecule has 1 aromatic heterocycles. The maximum Gasteiger partial charge on any atom is 0.326 e. The van der Waals surface area contributed by atoms with Crippen LogP contribution >= 0.6 is 11.3 Å². The zero-order valence-electron chi connectivity index (χ0n) is 17.8. The van der Waals surface area contributed by atoms with E-state index >= 15 is 0 Å². The van der Waals surface area contributed by atoms with Crippen molar-refractivity contribution in [2.45, 2.75) is 37.3 Å². The average molecular weight is 444 g/mol. The second-order valence-corrected chi connectivity index (χ2v) is 10.0. The molecule has 1 N–H and O–H groups in total. The molecule has 3 aromatic rings. The molecule has 3 heterocycles. The normalized spacial score (nSPS) is 25.0. The van der Waals surface area contributed by atoms with Crippen LogP contribution in [0.25, 0.3) is 0 Å². The minimum Gasteiger partial charge on any atom is -0.323 e. The first-order valence-corrected chi connectivity index (χ1v) is 12.1. The molecule has 6 heteroatoms. The zero-order valence-corrected chi connectivity index (χ0v) is 18.6. The highest BCUT2D eigenvalue weighted by Gasteiger charge is 2.53. The average Bonchev–Trinajstić information content (AvgIpc) is 3.38. The summed E-state index contributed by atoms with van der Waals surface area (Å²) >= 11 is 1.79. The van der Waals surface area contributed by atoms with Gasteiger partial charge in [-0.25, -0.2) is 9.69 Å². The molecule has 0 saturated carbocycles. The van der Waals surface area contributed by atoms with Crippen molar-refractivity contribution in [3.63, 3.8) is 0 Å². The quantitative estimate of drug-likeness (QED) is 0.620. The van der Waals surface area contributed by atoms with Crippen molar-refractivity contribution in [2.75, 3.05) is 13.2 Å². The predicted molar refractivity (Wildman–Crippen MR) is 124 cm³/mol. The number of hydrogen-bond donors (Lipinski definition) is 1. The molecule has 2 aliphatic heterocycles. The molecule has 3 aliphatic rings. The molecule has 1 fully saturated rings. The van der Waals surface area contributed by atoms with Gasteiger partial charge in [-0.15, -0.1) is 11.3 Å². The number of nitrogens with zero attached hydrogens (tertiary/aromatic N) is 2. The largest absolute Gasteiger partial charge is 0.326 e. The minimum atomic E-state index is -0.809. The van der Waals surface area contributed by atoms with Crippen LogP contribution in [0.3, 0.4) is 0 Å². The minimum absolute atomic E-state index is 0.0513. The second-order valence-electron chi connectivity index (χ2n) is 9.01. The number of hydrogen-bond acceptors (Lipinski definition) is 4. The molecule has 0 bridgehead atoms. The Morgan fingerprint density at radius 1 is 0.969 bits per heavy atom. The lowest BCUT2D eigenvalue weighted by Crippen LogP contribution is -2.52. The van der Waals surface area contributed by atoms with Gasteiger partial charge in [-0.3, -0.25) is 9.69 Å². The summed E-state index contributed by atoms with van der Waals surface area (Å²) in [4.78, 5) is 31.8. The number of thiophene rings is 1. The Morgan fingerprint density at radius 2 is 1.75 bits per heavy atom. The maximum atomic E-state index is 13.6. The molecule has 1 aliphatic carbocycles. The lowest BCUT2D eigenvalue weighted by molar-refractivity contribution is -0.133. The molecule has 6 rings (SSSR count). The van der Waals surface area contributed by atoms with Crippen LogP contribution in [0.2, 0.25) is 0 Å². The van der Waals surface area contributed by atoms with Crippen LogP contribution in [0.1, 0.15) is 39.6 Å². The van der Waals surface area contributed by atoms with Crippen molar-refractivity contribution >= 4 is 23.3 Å². The molecule has 0 radical (unpaired) electrons. The SMILES string of the molecule is O=C1NC2(CCc3ccccc3C2)C(=O)N1CN1CCc2sccc2C1c1ccccc1. The van der Waals surface area contributed by atoms with Crippen LogP contribution in [-0.2, 0) is 24.1 Å². The summed E-state index contributed by atoms with van der Waals surface area (Å²) in [5, 5.41) is 5.23. The Bertz CT molecular complexity index is 1190. The third kappa shape index (κ3) is 3.09. The van der Waals surface area contributed by atoms with Crippen LogP contribution in [0.5, 0.6) is 0 Å². The van der Waals surface area contributed by atoms with Crippen molar-refractivity contribution in [1.29, 1.82) is 0 Å². The molecule has 162 valence electrons. The molecule has 1 saturated heterocycles. The van der Waals surface area contributed by atoms with Gasteiger partial charge in [-0.1, -0.05) is 54.6 Å². The van der Waals surface area contributed by atoms with Gasteiger partial charge in [0, 0.05) is 17.8 Å². The van der Waals surface area contributed by atoms with Gasteiger partial charge in [-0.2, -0.15) is 0 Å². The van der Waals surface area contributed by atoms with Crippen molar-refractivity contribution in [3.05, 3.63) is 93.2 Å². The number of nitrogens with one attached hydrogen (secondary N) is 1. The van der Waals surface area contributed by atoms with Crippen LogP contribution in [-0.4, -0.2) is 40.5 Å². The van der Waals surface area contributed by atoms with Gasteiger partial charge in [0.05, 0.1) is 12.7 Å². The molecule has 3 amide bonds. The lowest BCUT2D eigenvalue weighted by Gasteiger charge is -2.38. The Labute approximate surface area is 191 Å². The van der Waals surface area contributed by atoms with Crippen LogP contribution in [0.4, 0.5) is 4.79 Å². The molecule has 32 heavy (non-hydrogen) atoms. The maximum absolute atomic E-state index is 13.6. The van der Waals surface area contributed by atoms with Gasteiger partial charge in [-0.05, 0) is 53.0 Å². The summed E-state index contributed by atoms with van der Waals surface area (Å²) in [7, 11) is 0. The molecule has 2 atom stereocenters. The zero-order chi connectivity index (χ0) is 21.7. The molecule has 5 nitrogen and oxygen atoms in total. The van der Waals surface area contributed by atoms with Gasteiger partial charge < -0.3 is 5.32 Å². The standard InChI is InChI=1S/C26H25N3O2S/c30-24-26(13-10-18-6-4-5-9-20(18)16-26)27-25(31)29(24)17-28-14-11-22-21(12-15-32-22)23(28)19-7-2-1-3-8-19/h1-9,12,15,23H,10-11,13-14,16-17H2,(H,27,31). The molecule has 2 aromatic carbocycles. The first kappa shape index (κ1) is 19.7. The number of amides is 3. The summed E-state index contributed by atoms with van der Waals surface area (Å²) in [6.45, 7) is 1.13. The van der Waals surface area contributed by atoms with Gasteiger partial charge >= 0.3 is 6.03 Å². The van der Waals surface area contributed by atoms with Gasteiger partial charge in [0.25, 0.3) is 5.91 Å². The number of carbonyl (C=O) groups is 2. The first-order valence-electron chi connectivity index (χ1n) is 11.2.